The molecule has 36 heavy (non-hydrogen) atoms. The lowest BCUT2D eigenvalue weighted by molar-refractivity contribution is 0.146. The first-order chi connectivity index (χ1) is 17.4. The van der Waals surface area contributed by atoms with Crippen molar-refractivity contribution in [2.24, 2.45) is 21.5 Å². The summed E-state index contributed by atoms with van der Waals surface area (Å²) in [6.45, 7) is 2.63. The number of ether oxygens (including phenoxy) is 2. The van der Waals surface area contributed by atoms with E-state index >= 15 is 0 Å². The van der Waals surface area contributed by atoms with Gasteiger partial charge in [0.05, 0.1) is 18.5 Å². The summed E-state index contributed by atoms with van der Waals surface area (Å²) in [5.41, 5.74) is 13.4. The maximum Gasteiger partial charge on any atom is 0.190 e. The first-order valence-corrected chi connectivity index (χ1v) is 11.0. The van der Waals surface area contributed by atoms with Crippen molar-refractivity contribution >= 4 is 29.7 Å². The molecule has 5 heterocycles. The Bertz CT molecular complexity index is 1440. The second kappa shape index (κ2) is 9.69. The average molecular weight is 489 g/mol. The van der Waals surface area contributed by atoms with E-state index in [1.807, 2.05) is 6.07 Å². The van der Waals surface area contributed by atoms with Gasteiger partial charge in [0.25, 0.3) is 0 Å². The van der Waals surface area contributed by atoms with Gasteiger partial charge in [-0.15, -0.1) is 5.10 Å². The Hall–Kier alpha value is -4.40. The van der Waals surface area contributed by atoms with E-state index in [1.54, 1.807) is 42.9 Å². The molecule has 4 aromatic heterocycles. The minimum Gasteiger partial charge on any atom is -0.489 e. The first kappa shape index (κ1) is 23.3. The molecule has 0 fully saturated rings. The van der Waals surface area contributed by atoms with E-state index in [0.717, 1.165) is 0 Å². The molecule has 14 nitrogen and oxygen atoms in total. The molecule has 0 atom stereocenters. The molecule has 0 spiro atoms. The topological polar surface area (TPSA) is 189 Å². The highest BCUT2D eigenvalue weighted by molar-refractivity contribution is 5.98. The Morgan fingerprint density at radius 2 is 1.94 bits per heavy atom. The summed E-state index contributed by atoms with van der Waals surface area (Å²) in [5, 5.41) is 15.7. The minimum atomic E-state index is -1.20. The lowest BCUT2D eigenvalue weighted by Crippen LogP contribution is -2.44. The molecule has 0 radical (unpaired) electrons. The lowest BCUT2D eigenvalue weighted by atomic mass is 9.96. The fourth-order valence-corrected chi connectivity index (χ4v) is 3.63. The summed E-state index contributed by atoms with van der Waals surface area (Å²) in [5.74, 6) is 1.98. The van der Waals surface area contributed by atoms with Gasteiger partial charge in [0.2, 0.25) is 0 Å². The van der Waals surface area contributed by atoms with Gasteiger partial charge >= 0.3 is 0 Å². The molecule has 0 saturated carbocycles. The van der Waals surface area contributed by atoms with Crippen LogP contribution in [0.15, 0.2) is 46.6 Å². The van der Waals surface area contributed by atoms with Crippen molar-refractivity contribution in [2.75, 3.05) is 25.6 Å². The Kier molecular flexibility index (Phi) is 6.28. The Morgan fingerprint density at radius 3 is 2.75 bits per heavy atom. The average Bonchev–Trinajstić information content (AvgIpc) is 3.27. The minimum absolute atomic E-state index is 0.390. The number of hydrogen-bond donors (Lipinski definition) is 3. The van der Waals surface area contributed by atoms with Crippen LogP contribution in [-0.4, -0.2) is 73.8 Å². The number of nitrogens with one attached hydrogen (secondary N) is 1. The van der Waals surface area contributed by atoms with Crippen LogP contribution in [0.1, 0.15) is 11.5 Å². The fourth-order valence-electron chi connectivity index (χ4n) is 3.63. The fraction of sp³-hybridized carbons (Fsp3) is 0.273. The van der Waals surface area contributed by atoms with Gasteiger partial charge in [-0.2, -0.15) is 10.2 Å². The van der Waals surface area contributed by atoms with E-state index in [4.69, 9.17) is 25.9 Å². The molecule has 1 aliphatic heterocycles. The second-order valence-electron chi connectivity index (χ2n) is 7.93. The summed E-state index contributed by atoms with van der Waals surface area (Å²) < 4.78 is 12.3. The number of hydrogen-bond acceptors (Lipinski definition) is 13. The number of nitrogens with two attached hydrogens (primary N) is 2. The number of aryl methyl sites for hydroxylation is 1. The van der Waals surface area contributed by atoms with Crippen LogP contribution in [0.4, 0.5) is 11.6 Å². The number of aliphatic imine (C=N–C) groups is 2. The third kappa shape index (κ3) is 4.72. The van der Waals surface area contributed by atoms with Gasteiger partial charge in [-0.25, -0.2) is 19.5 Å². The number of fused-ring (bicyclic) bond motifs is 1. The van der Waals surface area contributed by atoms with E-state index in [9.17, 15) is 0 Å². The van der Waals surface area contributed by atoms with Crippen LogP contribution in [0, 0.1) is 6.92 Å². The first-order valence-electron chi connectivity index (χ1n) is 11.0. The largest absolute Gasteiger partial charge is 0.489 e. The smallest absolute Gasteiger partial charge is 0.190 e. The highest BCUT2D eigenvalue weighted by Crippen LogP contribution is 2.31. The molecule has 184 valence electrons. The molecular formula is C22H24N12O2. The number of methoxy groups -OCH3 is 1. The number of nitrogens with zero attached hydrogens (tertiary/aromatic N) is 9. The van der Waals surface area contributed by atoms with Crippen molar-refractivity contribution in [3.05, 3.63) is 48.2 Å². The summed E-state index contributed by atoms with van der Waals surface area (Å²) >= 11 is 0. The third-order valence-corrected chi connectivity index (χ3v) is 5.21. The van der Waals surface area contributed by atoms with E-state index < -0.39 is 11.8 Å². The van der Waals surface area contributed by atoms with Crippen LogP contribution in [0.3, 0.4) is 0 Å². The van der Waals surface area contributed by atoms with Crippen molar-refractivity contribution in [2.45, 2.75) is 18.8 Å². The maximum atomic E-state index is 6.65. The Morgan fingerprint density at radius 1 is 1.11 bits per heavy atom. The van der Waals surface area contributed by atoms with Crippen molar-refractivity contribution in [1.29, 1.82) is 0 Å². The maximum absolute atomic E-state index is 6.65. The zero-order valence-corrected chi connectivity index (χ0v) is 19.6. The van der Waals surface area contributed by atoms with Gasteiger partial charge in [0.15, 0.2) is 17.8 Å². The summed E-state index contributed by atoms with van der Waals surface area (Å²) in [7, 11) is 1.61. The van der Waals surface area contributed by atoms with Crippen molar-refractivity contribution in [3.8, 4) is 17.1 Å². The SMILES string of the molecule is COCCOc1cnnc(Nc2cc(-c3c(C4(N)C=NC(N)N=C4)nc4cccnn34)nc(C)n2)c1. The van der Waals surface area contributed by atoms with Gasteiger partial charge in [-0.1, -0.05) is 0 Å². The normalized spacial score (nSPS) is 19.1. The zero-order valence-electron chi connectivity index (χ0n) is 19.6. The van der Waals surface area contributed by atoms with Crippen molar-refractivity contribution in [3.63, 3.8) is 0 Å². The molecule has 0 aliphatic carbocycles. The van der Waals surface area contributed by atoms with Crippen LogP contribution < -0.4 is 21.5 Å². The Balaban J connectivity index is 1.55. The molecule has 1 aliphatic rings. The molecular weight excluding hydrogens is 464 g/mol. The standard InChI is InChI=1S/C22H24N12O2/c1-13-29-15(9-16(30-13)31-17-8-14(10-27-33-17)36-7-6-35-2)19-20(22(24)11-25-21(23)26-12-22)32-18-4-3-5-28-34(18)19/h3-5,8-12,21H,6-7,23-24H2,1-2H3,(H,29,30,31,33). The van der Waals surface area contributed by atoms with Crippen LogP contribution in [0.25, 0.3) is 17.0 Å². The van der Waals surface area contributed by atoms with Gasteiger partial charge in [0.1, 0.15) is 40.9 Å². The van der Waals surface area contributed by atoms with E-state index in [0.29, 0.717) is 59.2 Å². The molecule has 0 bridgehead atoms. The summed E-state index contributed by atoms with van der Waals surface area (Å²) in [6, 6.07) is 7.08. The Labute approximate surface area is 205 Å². The van der Waals surface area contributed by atoms with E-state index in [-0.39, 0.29) is 0 Å². The summed E-state index contributed by atoms with van der Waals surface area (Å²) in [6.07, 6.45) is 5.55. The highest BCUT2D eigenvalue weighted by Gasteiger charge is 2.34. The molecule has 0 amide bonds. The number of rotatable bonds is 8. The molecule has 14 heteroatoms. The zero-order chi connectivity index (χ0) is 25.1. The predicted molar refractivity (Wildman–Crippen MR) is 132 cm³/mol. The highest BCUT2D eigenvalue weighted by atomic mass is 16.5. The van der Waals surface area contributed by atoms with Crippen LogP contribution in [-0.2, 0) is 10.3 Å². The van der Waals surface area contributed by atoms with Crippen LogP contribution >= 0.6 is 0 Å². The molecule has 0 saturated heterocycles. The number of aromatic nitrogens is 7. The van der Waals surface area contributed by atoms with Crippen LogP contribution in [0.5, 0.6) is 5.75 Å². The lowest BCUT2D eigenvalue weighted by Gasteiger charge is -2.23. The van der Waals surface area contributed by atoms with Gasteiger partial charge in [-0.05, 0) is 19.1 Å². The monoisotopic (exact) mass is 488 g/mol. The second-order valence-corrected chi connectivity index (χ2v) is 7.93. The molecule has 0 unspecified atom stereocenters. The van der Waals surface area contributed by atoms with Crippen molar-refractivity contribution < 1.29 is 9.47 Å². The quantitative estimate of drug-likeness (QED) is 0.295. The molecule has 4 aromatic rings. The van der Waals surface area contributed by atoms with Gasteiger partial charge < -0.3 is 20.5 Å². The number of imidazole rings is 1. The molecule has 5 rings (SSSR count). The van der Waals surface area contributed by atoms with E-state index in [1.165, 1.54) is 18.6 Å². The van der Waals surface area contributed by atoms with Gasteiger partial charge in [0, 0.05) is 37.9 Å². The van der Waals surface area contributed by atoms with Gasteiger partial charge in [-0.3, -0.25) is 15.7 Å². The third-order valence-electron chi connectivity index (χ3n) is 5.21. The van der Waals surface area contributed by atoms with E-state index in [2.05, 4.69) is 40.6 Å². The van der Waals surface area contributed by atoms with Crippen LogP contribution in [0.2, 0.25) is 0 Å². The molecule has 5 N–H and O–H groups in total. The predicted octanol–water partition coefficient (Wildman–Crippen LogP) is 0.605. The molecule has 0 aromatic carbocycles. The number of anilines is 2. The summed E-state index contributed by atoms with van der Waals surface area (Å²) in [4.78, 5) is 22.2. The van der Waals surface area contributed by atoms with Crippen molar-refractivity contribution in [1.82, 2.24) is 34.8 Å².